The van der Waals surface area contributed by atoms with Crippen molar-refractivity contribution in [1.29, 1.82) is 0 Å². The number of benzene rings is 1. The molecule has 0 aliphatic carbocycles. The highest BCUT2D eigenvalue weighted by Gasteiger charge is 2.04. The zero-order valence-corrected chi connectivity index (χ0v) is 9.72. The molecule has 0 saturated carbocycles. The fourth-order valence-electron chi connectivity index (χ4n) is 1.14. The first kappa shape index (κ1) is 12.5. The van der Waals surface area contributed by atoms with Gasteiger partial charge in [-0.1, -0.05) is 30.3 Å². The van der Waals surface area contributed by atoms with Crippen molar-refractivity contribution in [2.75, 3.05) is 20.3 Å². The molecule has 86 valence electrons. The Labute approximate surface area is 96.3 Å². The zero-order valence-electron chi connectivity index (χ0n) is 9.72. The maximum Gasteiger partial charge on any atom is 0.252 e. The summed E-state index contributed by atoms with van der Waals surface area (Å²) in [5, 5.41) is 0. The second-order valence-corrected chi connectivity index (χ2v) is 3.37. The van der Waals surface area contributed by atoms with Crippen molar-refractivity contribution < 1.29 is 9.53 Å². The zero-order chi connectivity index (χ0) is 11.8. The second-order valence-electron chi connectivity index (χ2n) is 3.37. The summed E-state index contributed by atoms with van der Waals surface area (Å²) in [5.74, 6) is -0.0472. The summed E-state index contributed by atoms with van der Waals surface area (Å²) in [4.78, 5) is 13.0. The lowest BCUT2D eigenvalue weighted by Crippen LogP contribution is -2.25. The number of hydrogen-bond donors (Lipinski definition) is 0. The van der Waals surface area contributed by atoms with E-state index in [1.165, 1.54) is 4.90 Å². The number of likely N-dealkylation sites (N-methyl/N-ethyl adjacent to an activating group) is 1. The number of carbonyl (C=O) groups excluding carboxylic acids is 1. The minimum Gasteiger partial charge on any atom is -0.372 e. The molecule has 0 fully saturated rings. The molecule has 0 radical (unpaired) electrons. The SMILES string of the molecule is CCOCC(=O)N(C)C=Cc1ccccc1. The van der Waals surface area contributed by atoms with Gasteiger partial charge in [0.1, 0.15) is 6.61 Å². The lowest BCUT2D eigenvalue weighted by molar-refractivity contribution is -0.132. The fraction of sp³-hybridized carbons (Fsp3) is 0.308. The minimum absolute atomic E-state index is 0.0472. The number of hydrogen-bond acceptors (Lipinski definition) is 2. The Morgan fingerprint density at radius 3 is 2.69 bits per heavy atom. The van der Waals surface area contributed by atoms with Gasteiger partial charge in [-0.05, 0) is 18.6 Å². The first-order valence-electron chi connectivity index (χ1n) is 5.30. The molecule has 0 bridgehead atoms. The Morgan fingerprint density at radius 2 is 2.06 bits per heavy atom. The molecule has 0 aliphatic heterocycles. The summed E-state index contributed by atoms with van der Waals surface area (Å²) < 4.78 is 5.04. The van der Waals surface area contributed by atoms with Gasteiger partial charge in [-0.2, -0.15) is 0 Å². The molecule has 3 heteroatoms. The van der Waals surface area contributed by atoms with Gasteiger partial charge in [0.2, 0.25) is 0 Å². The lowest BCUT2D eigenvalue weighted by atomic mass is 10.2. The molecule has 0 unspecified atom stereocenters. The van der Waals surface area contributed by atoms with E-state index in [-0.39, 0.29) is 12.5 Å². The predicted octanol–water partition coefficient (Wildman–Crippen LogP) is 2.15. The average molecular weight is 219 g/mol. The Balaban J connectivity index is 2.47. The van der Waals surface area contributed by atoms with Crippen LogP contribution in [-0.2, 0) is 9.53 Å². The Bertz CT molecular complexity index is 346. The molecule has 1 aromatic carbocycles. The van der Waals surface area contributed by atoms with Crippen molar-refractivity contribution in [2.45, 2.75) is 6.92 Å². The van der Waals surface area contributed by atoms with Crippen molar-refractivity contribution in [1.82, 2.24) is 4.90 Å². The van der Waals surface area contributed by atoms with Crippen molar-refractivity contribution in [3.63, 3.8) is 0 Å². The molecule has 1 aromatic rings. The Hall–Kier alpha value is -1.61. The van der Waals surface area contributed by atoms with Crippen molar-refractivity contribution >= 4 is 12.0 Å². The molecule has 0 aromatic heterocycles. The van der Waals surface area contributed by atoms with Gasteiger partial charge in [0.25, 0.3) is 5.91 Å². The van der Waals surface area contributed by atoms with Crippen molar-refractivity contribution in [3.8, 4) is 0 Å². The third-order valence-corrected chi connectivity index (χ3v) is 2.11. The van der Waals surface area contributed by atoms with E-state index >= 15 is 0 Å². The summed E-state index contributed by atoms with van der Waals surface area (Å²) in [6.45, 7) is 2.56. The van der Waals surface area contributed by atoms with Crippen LogP contribution in [0.5, 0.6) is 0 Å². The van der Waals surface area contributed by atoms with Crippen LogP contribution < -0.4 is 0 Å². The third-order valence-electron chi connectivity index (χ3n) is 2.11. The van der Waals surface area contributed by atoms with E-state index in [4.69, 9.17) is 4.74 Å². The first-order valence-corrected chi connectivity index (χ1v) is 5.30. The quantitative estimate of drug-likeness (QED) is 0.759. The molecule has 0 atom stereocenters. The molecule has 0 aliphatic rings. The van der Waals surface area contributed by atoms with E-state index in [1.807, 2.05) is 43.3 Å². The van der Waals surface area contributed by atoms with Gasteiger partial charge in [-0.15, -0.1) is 0 Å². The van der Waals surface area contributed by atoms with Crippen LogP contribution in [0.15, 0.2) is 36.5 Å². The van der Waals surface area contributed by atoms with Gasteiger partial charge in [0.15, 0.2) is 0 Å². The predicted molar refractivity (Wildman–Crippen MR) is 64.7 cm³/mol. The van der Waals surface area contributed by atoms with Crippen LogP contribution in [0.3, 0.4) is 0 Å². The largest absolute Gasteiger partial charge is 0.372 e. The van der Waals surface area contributed by atoms with Crippen LogP contribution in [0.25, 0.3) is 6.08 Å². The maximum atomic E-state index is 11.5. The first-order chi connectivity index (χ1) is 7.74. The van der Waals surface area contributed by atoms with Gasteiger partial charge in [-0.3, -0.25) is 4.79 Å². The highest BCUT2D eigenvalue weighted by molar-refractivity contribution is 5.78. The van der Waals surface area contributed by atoms with Crippen LogP contribution in [0.1, 0.15) is 12.5 Å². The second kappa shape index (κ2) is 6.80. The van der Waals surface area contributed by atoms with E-state index in [9.17, 15) is 4.79 Å². The highest BCUT2D eigenvalue weighted by Crippen LogP contribution is 2.01. The van der Waals surface area contributed by atoms with E-state index in [0.717, 1.165) is 5.56 Å². The normalized spacial score (nSPS) is 10.6. The van der Waals surface area contributed by atoms with Gasteiger partial charge >= 0.3 is 0 Å². The topological polar surface area (TPSA) is 29.5 Å². The Morgan fingerprint density at radius 1 is 1.38 bits per heavy atom. The van der Waals surface area contributed by atoms with Gasteiger partial charge in [0.05, 0.1) is 0 Å². The van der Waals surface area contributed by atoms with Crippen molar-refractivity contribution in [2.24, 2.45) is 0 Å². The maximum absolute atomic E-state index is 11.5. The monoisotopic (exact) mass is 219 g/mol. The van der Waals surface area contributed by atoms with Gasteiger partial charge < -0.3 is 9.64 Å². The smallest absolute Gasteiger partial charge is 0.252 e. The minimum atomic E-state index is -0.0472. The number of carbonyl (C=O) groups is 1. The van der Waals surface area contributed by atoms with Gasteiger partial charge in [0, 0.05) is 19.9 Å². The summed E-state index contributed by atoms with van der Waals surface area (Å²) in [6, 6.07) is 9.85. The molecular formula is C13H17NO2. The third kappa shape index (κ3) is 4.28. The van der Waals surface area contributed by atoms with Crippen LogP contribution in [-0.4, -0.2) is 31.1 Å². The summed E-state index contributed by atoms with van der Waals surface area (Å²) in [7, 11) is 1.72. The summed E-state index contributed by atoms with van der Waals surface area (Å²) in [6.07, 6.45) is 3.64. The summed E-state index contributed by atoms with van der Waals surface area (Å²) in [5.41, 5.74) is 1.07. The average Bonchev–Trinajstić information content (AvgIpc) is 2.34. The van der Waals surface area contributed by atoms with E-state index in [0.29, 0.717) is 6.61 Å². The van der Waals surface area contributed by atoms with E-state index in [2.05, 4.69) is 0 Å². The molecule has 0 saturated heterocycles. The standard InChI is InChI=1S/C13H17NO2/c1-3-16-11-13(15)14(2)10-9-12-7-5-4-6-8-12/h4-10H,3,11H2,1-2H3. The van der Waals surface area contributed by atoms with Crippen LogP contribution in [0, 0.1) is 0 Å². The summed E-state index contributed by atoms with van der Waals surface area (Å²) >= 11 is 0. The van der Waals surface area contributed by atoms with E-state index < -0.39 is 0 Å². The van der Waals surface area contributed by atoms with E-state index in [1.54, 1.807) is 13.2 Å². The highest BCUT2D eigenvalue weighted by atomic mass is 16.5. The molecule has 0 heterocycles. The Kier molecular flexibility index (Phi) is 5.29. The lowest BCUT2D eigenvalue weighted by Gasteiger charge is -2.11. The molecule has 0 N–H and O–H groups in total. The molecular weight excluding hydrogens is 202 g/mol. The van der Waals surface area contributed by atoms with Crippen LogP contribution >= 0.6 is 0 Å². The number of rotatable bonds is 5. The van der Waals surface area contributed by atoms with Gasteiger partial charge in [-0.25, -0.2) is 0 Å². The molecule has 1 rings (SSSR count). The molecule has 16 heavy (non-hydrogen) atoms. The van der Waals surface area contributed by atoms with Crippen molar-refractivity contribution in [3.05, 3.63) is 42.1 Å². The van der Waals surface area contributed by atoms with Crippen LogP contribution in [0.4, 0.5) is 0 Å². The number of ether oxygens (including phenoxy) is 1. The number of amides is 1. The van der Waals surface area contributed by atoms with Crippen LogP contribution in [0.2, 0.25) is 0 Å². The molecule has 0 spiro atoms. The fourth-order valence-corrected chi connectivity index (χ4v) is 1.14. The number of nitrogens with zero attached hydrogens (tertiary/aromatic N) is 1. The molecule has 3 nitrogen and oxygen atoms in total. The molecule has 1 amide bonds.